The zero-order chi connectivity index (χ0) is 11.1. The molecule has 0 amide bonds. The molecule has 1 aromatic heterocycles. The minimum atomic E-state index is -0.843. The summed E-state index contributed by atoms with van der Waals surface area (Å²) in [7, 11) is 0. The summed E-state index contributed by atoms with van der Waals surface area (Å²) in [5.74, 6) is 0. The molecule has 17 heavy (non-hydrogen) atoms. The number of fused-ring (bicyclic) bond motifs is 1. The third-order valence-electron chi connectivity index (χ3n) is 3.18. The van der Waals surface area contributed by atoms with Crippen molar-refractivity contribution in [2.45, 2.75) is 19.1 Å². The molecule has 3 nitrogen and oxygen atoms in total. The van der Waals surface area contributed by atoms with E-state index in [1.54, 1.807) is 4.68 Å². The average Bonchev–Trinajstić information content (AvgIpc) is 2.83. The van der Waals surface area contributed by atoms with Crippen LogP contribution >= 0.6 is 12.4 Å². The summed E-state index contributed by atoms with van der Waals surface area (Å²) in [6.07, 6.45) is 0.970. The third-order valence-corrected chi connectivity index (χ3v) is 3.18. The number of hydrogen-bond acceptors (Lipinski definition) is 2. The molecule has 1 aliphatic heterocycles. The van der Waals surface area contributed by atoms with Gasteiger partial charge >= 0.3 is 0 Å². The van der Waals surface area contributed by atoms with Gasteiger partial charge in [0, 0.05) is 18.5 Å². The average molecular weight is 256 g/mol. The SMILES string of the molecule is Cc1ccc2c(cnn2C2CNCC2F)c1.Cl. The maximum atomic E-state index is 13.6. The lowest BCUT2D eigenvalue weighted by Gasteiger charge is -2.13. The summed E-state index contributed by atoms with van der Waals surface area (Å²) in [6, 6.07) is 5.97. The van der Waals surface area contributed by atoms with Crippen LogP contribution in [0.4, 0.5) is 4.39 Å². The lowest BCUT2D eigenvalue weighted by molar-refractivity contribution is 0.274. The molecule has 3 rings (SSSR count). The van der Waals surface area contributed by atoms with Crippen LogP contribution in [-0.2, 0) is 0 Å². The van der Waals surface area contributed by atoms with Gasteiger partial charge in [-0.15, -0.1) is 12.4 Å². The van der Waals surface area contributed by atoms with Gasteiger partial charge in [-0.05, 0) is 19.1 Å². The van der Waals surface area contributed by atoms with Gasteiger partial charge < -0.3 is 5.32 Å². The Labute approximate surface area is 105 Å². The van der Waals surface area contributed by atoms with Crippen molar-refractivity contribution in [1.82, 2.24) is 15.1 Å². The normalized spacial score (nSPS) is 23.9. The first-order chi connectivity index (χ1) is 7.75. The predicted molar refractivity (Wildman–Crippen MR) is 68.5 cm³/mol. The number of aryl methyl sites for hydroxylation is 1. The lowest BCUT2D eigenvalue weighted by Crippen LogP contribution is -2.19. The van der Waals surface area contributed by atoms with E-state index in [1.165, 1.54) is 5.56 Å². The van der Waals surface area contributed by atoms with Gasteiger partial charge in [0.25, 0.3) is 0 Å². The Morgan fingerprint density at radius 1 is 1.41 bits per heavy atom. The Bertz CT molecular complexity index is 525. The van der Waals surface area contributed by atoms with Gasteiger partial charge in [0.1, 0.15) is 6.17 Å². The van der Waals surface area contributed by atoms with E-state index >= 15 is 0 Å². The molecule has 0 bridgehead atoms. The van der Waals surface area contributed by atoms with Crippen molar-refractivity contribution < 1.29 is 4.39 Å². The topological polar surface area (TPSA) is 29.9 Å². The van der Waals surface area contributed by atoms with Crippen LogP contribution in [0.2, 0.25) is 0 Å². The van der Waals surface area contributed by atoms with E-state index < -0.39 is 6.17 Å². The van der Waals surface area contributed by atoms with Crippen LogP contribution < -0.4 is 5.32 Å². The highest BCUT2D eigenvalue weighted by atomic mass is 35.5. The molecule has 2 unspecified atom stereocenters. The summed E-state index contributed by atoms with van der Waals surface area (Å²) >= 11 is 0. The Morgan fingerprint density at radius 3 is 2.94 bits per heavy atom. The molecule has 5 heteroatoms. The molecule has 1 aromatic carbocycles. The van der Waals surface area contributed by atoms with Crippen LogP contribution in [-0.4, -0.2) is 29.0 Å². The minimum Gasteiger partial charge on any atom is -0.312 e. The van der Waals surface area contributed by atoms with Crippen molar-refractivity contribution in [2.24, 2.45) is 0 Å². The summed E-state index contributed by atoms with van der Waals surface area (Å²) in [4.78, 5) is 0. The first-order valence-electron chi connectivity index (χ1n) is 5.54. The Morgan fingerprint density at radius 2 is 2.24 bits per heavy atom. The van der Waals surface area contributed by atoms with E-state index in [0.717, 1.165) is 10.9 Å². The van der Waals surface area contributed by atoms with Crippen molar-refractivity contribution in [1.29, 1.82) is 0 Å². The van der Waals surface area contributed by atoms with Gasteiger partial charge in [0.15, 0.2) is 0 Å². The van der Waals surface area contributed by atoms with E-state index in [1.807, 2.05) is 25.3 Å². The summed E-state index contributed by atoms with van der Waals surface area (Å²) < 4.78 is 15.4. The van der Waals surface area contributed by atoms with Gasteiger partial charge in [0.05, 0.1) is 17.8 Å². The fraction of sp³-hybridized carbons (Fsp3) is 0.417. The van der Waals surface area contributed by atoms with Crippen molar-refractivity contribution in [3.8, 4) is 0 Å². The number of halogens is 2. The molecule has 0 spiro atoms. The minimum absolute atomic E-state index is 0. The number of rotatable bonds is 1. The van der Waals surface area contributed by atoms with Crippen LogP contribution in [0.1, 0.15) is 11.6 Å². The molecule has 1 saturated heterocycles. The van der Waals surface area contributed by atoms with Crippen LogP contribution in [0.3, 0.4) is 0 Å². The molecule has 1 fully saturated rings. The molecular weight excluding hydrogens is 241 g/mol. The Hall–Kier alpha value is -1.13. The van der Waals surface area contributed by atoms with Gasteiger partial charge in [-0.1, -0.05) is 11.6 Å². The number of benzene rings is 1. The van der Waals surface area contributed by atoms with Crippen LogP contribution in [0.5, 0.6) is 0 Å². The largest absolute Gasteiger partial charge is 0.312 e. The lowest BCUT2D eigenvalue weighted by atomic mass is 10.1. The standard InChI is InChI=1S/C12H14FN3.ClH/c1-8-2-3-11-9(4-8)5-15-16(11)12-7-14-6-10(12)13;/h2-5,10,12,14H,6-7H2,1H3;1H. The molecule has 0 saturated carbocycles. The second-order valence-electron chi connectivity index (χ2n) is 4.39. The van der Waals surface area contributed by atoms with Crippen molar-refractivity contribution in [2.75, 3.05) is 13.1 Å². The monoisotopic (exact) mass is 255 g/mol. The first kappa shape index (κ1) is 12.3. The second-order valence-corrected chi connectivity index (χ2v) is 4.39. The van der Waals surface area contributed by atoms with E-state index in [2.05, 4.69) is 16.5 Å². The Balaban J connectivity index is 0.00000108. The molecule has 92 valence electrons. The fourth-order valence-electron chi connectivity index (χ4n) is 2.31. The van der Waals surface area contributed by atoms with Gasteiger partial charge in [-0.25, -0.2) is 4.39 Å². The zero-order valence-corrected chi connectivity index (χ0v) is 10.4. The number of aromatic nitrogens is 2. The van der Waals surface area contributed by atoms with Gasteiger partial charge in [-0.2, -0.15) is 5.10 Å². The quantitative estimate of drug-likeness (QED) is 0.847. The van der Waals surface area contributed by atoms with Crippen molar-refractivity contribution >= 4 is 23.3 Å². The maximum Gasteiger partial charge on any atom is 0.136 e. The van der Waals surface area contributed by atoms with E-state index in [0.29, 0.717) is 13.1 Å². The molecule has 2 atom stereocenters. The van der Waals surface area contributed by atoms with Crippen LogP contribution in [0.25, 0.3) is 10.9 Å². The maximum absolute atomic E-state index is 13.6. The summed E-state index contributed by atoms with van der Waals surface area (Å²) in [5.41, 5.74) is 2.22. The molecule has 2 aromatic rings. The smallest absolute Gasteiger partial charge is 0.136 e. The van der Waals surface area contributed by atoms with Gasteiger partial charge in [-0.3, -0.25) is 4.68 Å². The fourth-order valence-corrected chi connectivity index (χ4v) is 2.31. The second kappa shape index (κ2) is 4.63. The number of alkyl halides is 1. The number of nitrogens with zero attached hydrogens (tertiary/aromatic N) is 2. The number of nitrogens with one attached hydrogen (secondary N) is 1. The highest BCUT2D eigenvalue weighted by Gasteiger charge is 2.29. The predicted octanol–water partition coefficient (Wildman–Crippen LogP) is 2.25. The molecular formula is C12H15ClFN3. The molecule has 2 heterocycles. The molecule has 0 aliphatic carbocycles. The van der Waals surface area contributed by atoms with Crippen LogP contribution in [0.15, 0.2) is 24.4 Å². The van der Waals surface area contributed by atoms with Crippen LogP contribution in [0, 0.1) is 6.92 Å². The van der Waals surface area contributed by atoms with E-state index in [4.69, 9.17) is 0 Å². The van der Waals surface area contributed by atoms with Crippen molar-refractivity contribution in [3.63, 3.8) is 0 Å². The summed E-state index contributed by atoms with van der Waals surface area (Å²) in [6.45, 7) is 3.13. The highest BCUT2D eigenvalue weighted by Crippen LogP contribution is 2.24. The van der Waals surface area contributed by atoms with E-state index in [-0.39, 0.29) is 18.4 Å². The van der Waals surface area contributed by atoms with Gasteiger partial charge in [0.2, 0.25) is 0 Å². The molecule has 1 aliphatic rings. The first-order valence-corrected chi connectivity index (χ1v) is 5.54. The summed E-state index contributed by atoms with van der Waals surface area (Å²) in [5, 5.41) is 8.44. The van der Waals surface area contributed by atoms with Crippen molar-refractivity contribution in [3.05, 3.63) is 30.0 Å². The number of hydrogen-bond donors (Lipinski definition) is 1. The molecule has 0 radical (unpaired) electrons. The van der Waals surface area contributed by atoms with E-state index in [9.17, 15) is 4.39 Å². The highest BCUT2D eigenvalue weighted by molar-refractivity contribution is 5.85. The Kier molecular flexibility index (Phi) is 3.35. The zero-order valence-electron chi connectivity index (χ0n) is 9.56. The molecule has 1 N–H and O–H groups in total. The third kappa shape index (κ3) is 2.03.